The normalized spacial score (nSPS) is 11.7. The predicted octanol–water partition coefficient (Wildman–Crippen LogP) is 1.73. The average Bonchev–Trinajstić information content (AvgIpc) is 2.48. The summed E-state index contributed by atoms with van der Waals surface area (Å²) in [5.74, 6) is -0.293. The molecular weight excluding hydrogens is 309 g/mol. The minimum absolute atomic E-state index is 0.0469. The van der Waals surface area contributed by atoms with Gasteiger partial charge >= 0.3 is 0 Å². The van der Waals surface area contributed by atoms with Gasteiger partial charge in [-0.1, -0.05) is 12.1 Å². The summed E-state index contributed by atoms with van der Waals surface area (Å²) in [5.41, 5.74) is 1.05. The van der Waals surface area contributed by atoms with Crippen molar-refractivity contribution in [2.75, 3.05) is 39.2 Å². The van der Waals surface area contributed by atoms with Crippen molar-refractivity contribution in [2.24, 2.45) is 0 Å². The topological polar surface area (TPSA) is 64.6 Å². The summed E-state index contributed by atoms with van der Waals surface area (Å²) < 4.78 is 48.6. The van der Waals surface area contributed by atoms with E-state index in [-0.39, 0.29) is 18.2 Å². The number of methoxy groups -OCH3 is 1. The van der Waals surface area contributed by atoms with Gasteiger partial charge in [0.15, 0.2) is 0 Å². The predicted molar refractivity (Wildman–Crippen MR) is 83.8 cm³/mol. The summed E-state index contributed by atoms with van der Waals surface area (Å²) in [7, 11) is -1.72. The van der Waals surface area contributed by atoms with Crippen LogP contribution in [-0.4, -0.2) is 47.6 Å². The van der Waals surface area contributed by atoms with E-state index >= 15 is 0 Å². The van der Waals surface area contributed by atoms with Gasteiger partial charge in [-0.25, -0.2) is 17.5 Å². The Morgan fingerprint density at radius 1 is 1.09 bits per heavy atom. The molecule has 0 fully saturated rings. The molecule has 0 bridgehead atoms. The van der Waals surface area contributed by atoms with E-state index < -0.39 is 10.0 Å². The molecule has 0 atom stereocenters. The van der Waals surface area contributed by atoms with Gasteiger partial charge in [-0.2, -0.15) is 0 Å². The Kier molecular flexibility index (Phi) is 9.22. The van der Waals surface area contributed by atoms with E-state index in [0.717, 1.165) is 24.8 Å². The lowest BCUT2D eigenvalue weighted by molar-refractivity contribution is 0.0784. The van der Waals surface area contributed by atoms with Crippen molar-refractivity contribution in [3.63, 3.8) is 0 Å². The minimum Gasteiger partial charge on any atom is -0.382 e. The summed E-state index contributed by atoms with van der Waals surface area (Å²) in [4.78, 5) is 0. The third-order valence-corrected chi connectivity index (χ3v) is 4.40. The van der Waals surface area contributed by atoms with Crippen molar-refractivity contribution < 1.29 is 22.3 Å². The first-order valence-electron chi connectivity index (χ1n) is 7.32. The fourth-order valence-electron chi connectivity index (χ4n) is 1.82. The van der Waals surface area contributed by atoms with Gasteiger partial charge < -0.3 is 9.47 Å². The van der Waals surface area contributed by atoms with Crippen LogP contribution in [0.3, 0.4) is 0 Å². The molecule has 7 heteroatoms. The number of unbranched alkanes of at least 4 members (excludes halogenated alkanes) is 1. The second-order valence-electron chi connectivity index (χ2n) is 4.90. The number of hydrogen-bond donors (Lipinski definition) is 1. The molecule has 0 aliphatic heterocycles. The Morgan fingerprint density at radius 3 is 2.50 bits per heavy atom. The quantitative estimate of drug-likeness (QED) is 0.592. The van der Waals surface area contributed by atoms with Crippen molar-refractivity contribution in [3.8, 4) is 0 Å². The standard InChI is InChI=1S/C15H24FNO4S/c1-20-10-11-21-12-13-22(18,19)17-9-3-2-4-14-5-7-15(16)8-6-14/h5-8,17H,2-4,9-13H2,1H3. The van der Waals surface area contributed by atoms with Crippen molar-refractivity contribution in [2.45, 2.75) is 19.3 Å². The lowest BCUT2D eigenvalue weighted by Gasteiger charge is -2.07. The second kappa shape index (κ2) is 10.7. The highest BCUT2D eigenvalue weighted by molar-refractivity contribution is 7.89. The van der Waals surface area contributed by atoms with Crippen LogP contribution in [0, 0.1) is 5.82 Å². The SMILES string of the molecule is COCCOCCS(=O)(=O)NCCCCc1ccc(F)cc1. The van der Waals surface area contributed by atoms with Crippen LogP contribution < -0.4 is 4.72 Å². The van der Waals surface area contributed by atoms with Gasteiger partial charge in [0.2, 0.25) is 10.0 Å². The molecule has 0 aliphatic rings. The molecule has 0 amide bonds. The van der Waals surface area contributed by atoms with E-state index in [9.17, 15) is 12.8 Å². The molecule has 0 unspecified atom stereocenters. The van der Waals surface area contributed by atoms with Gasteiger partial charge in [0, 0.05) is 13.7 Å². The lowest BCUT2D eigenvalue weighted by atomic mass is 10.1. The molecule has 0 saturated heterocycles. The van der Waals surface area contributed by atoms with Crippen LogP contribution in [0.2, 0.25) is 0 Å². The highest BCUT2D eigenvalue weighted by Crippen LogP contribution is 2.06. The molecule has 1 N–H and O–H groups in total. The van der Waals surface area contributed by atoms with E-state index in [2.05, 4.69) is 4.72 Å². The fourth-order valence-corrected chi connectivity index (χ4v) is 2.75. The summed E-state index contributed by atoms with van der Waals surface area (Å²) in [6.07, 6.45) is 2.39. The van der Waals surface area contributed by atoms with Crippen LogP contribution in [-0.2, 0) is 25.9 Å². The first kappa shape index (κ1) is 19.0. The maximum Gasteiger partial charge on any atom is 0.213 e. The van der Waals surface area contributed by atoms with Crippen LogP contribution >= 0.6 is 0 Å². The molecule has 0 aromatic heterocycles. The van der Waals surface area contributed by atoms with Crippen LogP contribution in [0.4, 0.5) is 4.39 Å². The number of halogens is 1. The van der Waals surface area contributed by atoms with Gasteiger partial charge in [0.1, 0.15) is 5.82 Å². The van der Waals surface area contributed by atoms with Gasteiger partial charge in [-0.05, 0) is 37.0 Å². The molecule has 22 heavy (non-hydrogen) atoms. The molecule has 5 nitrogen and oxygen atoms in total. The summed E-state index contributed by atoms with van der Waals surface area (Å²) in [6.45, 7) is 1.41. The number of rotatable bonds is 12. The van der Waals surface area contributed by atoms with Crippen LogP contribution in [0.5, 0.6) is 0 Å². The number of nitrogens with one attached hydrogen (secondary N) is 1. The first-order valence-corrected chi connectivity index (χ1v) is 8.97. The maximum absolute atomic E-state index is 12.7. The zero-order valence-corrected chi connectivity index (χ0v) is 13.7. The highest BCUT2D eigenvalue weighted by Gasteiger charge is 2.08. The fraction of sp³-hybridized carbons (Fsp3) is 0.600. The molecule has 0 radical (unpaired) electrons. The van der Waals surface area contributed by atoms with Gasteiger partial charge in [-0.3, -0.25) is 0 Å². The van der Waals surface area contributed by atoms with Crippen molar-refractivity contribution in [1.82, 2.24) is 4.72 Å². The molecule has 0 saturated carbocycles. The van der Waals surface area contributed by atoms with Crippen LogP contribution in [0.15, 0.2) is 24.3 Å². The van der Waals surface area contributed by atoms with Crippen molar-refractivity contribution in [1.29, 1.82) is 0 Å². The molecule has 1 aromatic rings. The Morgan fingerprint density at radius 2 is 1.82 bits per heavy atom. The Labute approximate surface area is 131 Å². The van der Waals surface area contributed by atoms with Crippen molar-refractivity contribution >= 4 is 10.0 Å². The molecule has 1 rings (SSSR count). The maximum atomic E-state index is 12.7. The summed E-state index contributed by atoms with van der Waals surface area (Å²) in [5, 5.41) is 0. The number of hydrogen-bond acceptors (Lipinski definition) is 4. The van der Waals surface area contributed by atoms with E-state index in [1.807, 2.05) is 0 Å². The smallest absolute Gasteiger partial charge is 0.213 e. The number of aryl methyl sites for hydroxylation is 1. The van der Waals surface area contributed by atoms with E-state index in [4.69, 9.17) is 9.47 Å². The summed E-state index contributed by atoms with van der Waals surface area (Å²) >= 11 is 0. The Bertz CT molecular complexity index is 505. The van der Waals surface area contributed by atoms with Crippen molar-refractivity contribution in [3.05, 3.63) is 35.6 Å². The average molecular weight is 333 g/mol. The van der Waals surface area contributed by atoms with Gasteiger partial charge in [0.25, 0.3) is 0 Å². The Hall–Kier alpha value is -1.02. The monoisotopic (exact) mass is 333 g/mol. The minimum atomic E-state index is -3.28. The highest BCUT2D eigenvalue weighted by atomic mass is 32.2. The second-order valence-corrected chi connectivity index (χ2v) is 6.83. The third-order valence-electron chi connectivity index (χ3n) is 3.06. The van der Waals surface area contributed by atoms with Crippen LogP contribution in [0.25, 0.3) is 0 Å². The summed E-state index contributed by atoms with van der Waals surface area (Å²) in [6, 6.07) is 6.36. The van der Waals surface area contributed by atoms with E-state index in [0.29, 0.717) is 19.8 Å². The lowest BCUT2D eigenvalue weighted by Crippen LogP contribution is -2.29. The molecule has 126 valence electrons. The van der Waals surface area contributed by atoms with Gasteiger partial charge in [-0.15, -0.1) is 0 Å². The number of sulfonamides is 1. The molecule has 0 spiro atoms. The molecule has 0 heterocycles. The van der Waals surface area contributed by atoms with E-state index in [1.54, 1.807) is 19.2 Å². The van der Waals surface area contributed by atoms with Crippen LogP contribution in [0.1, 0.15) is 18.4 Å². The zero-order valence-electron chi connectivity index (χ0n) is 12.9. The first-order chi connectivity index (χ1) is 10.5. The number of ether oxygens (including phenoxy) is 2. The molecule has 0 aliphatic carbocycles. The zero-order chi connectivity index (χ0) is 16.3. The third kappa shape index (κ3) is 9.09. The molecule has 1 aromatic carbocycles. The van der Waals surface area contributed by atoms with Gasteiger partial charge in [0.05, 0.1) is 25.6 Å². The largest absolute Gasteiger partial charge is 0.382 e. The molecular formula is C15H24FNO4S. The Balaban J connectivity index is 2.08. The van der Waals surface area contributed by atoms with E-state index in [1.165, 1.54) is 12.1 Å². The number of benzene rings is 1.